The van der Waals surface area contributed by atoms with E-state index in [1.54, 1.807) is 12.1 Å². The number of hydrogen-bond acceptors (Lipinski definition) is 7. The van der Waals surface area contributed by atoms with Crippen molar-refractivity contribution in [2.75, 3.05) is 6.61 Å². The molecule has 26 heavy (non-hydrogen) atoms. The molecule has 0 spiro atoms. The van der Waals surface area contributed by atoms with Crippen molar-refractivity contribution in [2.45, 2.75) is 57.6 Å². The Morgan fingerprint density at radius 2 is 1.69 bits per heavy atom. The number of carbonyl (C=O) groups excluding carboxylic acids is 2. The zero-order chi connectivity index (χ0) is 20.3. The third-order valence-electron chi connectivity index (χ3n) is 3.01. The van der Waals surface area contributed by atoms with Crippen LogP contribution in [0.25, 0.3) is 0 Å². The highest BCUT2D eigenvalue weighted by Crippen LogP contribution is 2.14. The molecule has 1 aromatic carbocycles. The van der Waals surface area contributed by atoms with Crippen LogP contribution in [0.2, 0.25) is 0 Å². The van der Waals surface area contributed by atoms with E-state index in [0.29, 0.717) is 6.61 Å². The van der Waals surface area contributed by atoms with Crippen LogP contribution in [0, 0.1) is 6.92 Å². The highest BCUT2D eigenvalue weighted by Gasteiger charge is 2.21. The van der Waals surface area contributed by atoms with Crippen LogP contribution < -0.4 is 0 Å². The van der Waals surface area contributed by atoms with Crippen LogP contribution in [0.5, 0.6) is 0 Å². The third kappa shape index (κ3) is 10.4. The smallest absolute Gasteiger partial charge is 0.347 e. The summed E-state index contributed by atoms with van der Waals surface area (Å²) in [7, 11) is 1.54. The summed E-state index contributed by atoms with van der Waals surface area (Å²) in [5.41, 5.74) is 1.01. The quantitative estimate of drug-likeness (QED) is 0.419. The van der Waals surface area contributed by atoms with Crippen molar-refractivity contribution >= 4 is 31.7 Å². The topological polar surface area (TPSA) is 107 Å². The number of esters is 2. The van der Waals surface area contributed by atoms with Crippen molar-refractivity contribution < 1.29 is 32.6 Å². The molecule has 0 aliphatic carbocycles. The van der Waals surface area contributed by atoms with Gasteiger partial charge in [0.05, 0.1) is 11.5 Å². The van der Waals surface area contributed by atoms with Crippen LogP contribution >= 0.6 is 10.7 Å². The fourth-order valence-electron chi connectivity index (χ4n) is 1.46. The molecule has 0 aliphatic heterocycles. The van der Waals surface area contributed by atoms with E-state index in [9.17, 15) is 18.0 Å². The average Bonchev–Trinajstić information content (AvgIpc) is 2.54. The number of aliphatic hydroxyl groups excluding tert-OH is 1. The Hall–Kier alpha value is -1.64. The Morgan fingerprint density at radius 3 is 2.12 bits per heavy atom. The largest absolute Gasteiger partial charge is 0.463 e. The number of aliphatic hydroxyl groups is 1. The van der Waals surface area contributed by atoms with Gasteiger partial charge in [-0.1, -0.05) is 31.0 Å². The summed E-state index contributed by atoms with van der Waals surface area (Å²) in [5.74, 6) is -1.41. The Morgan fingerprint density at radius 1 is 1.15 bits per heavy atom. The molecule has 148 valence electrons. The molecule has 1 N–H and O–H groups in total. The molecule has 0 saturated carbocycles. The monoisotopic (exact) mass is 408 g/mol. The predicted octanol–water partition coefficient (Wildman–Crippen LogP) is 2.56. The Bertz CT molecular complexity index is 669. The van der Waals surface area contributed by atoms with Gasteiger partial charge < -0.3 is 14.6 Å². The third-order valence-corrected chi connectivity index (χ3v) is 4.38. The molecule has 1 aromatic rings. The standard InChI is InChI=1S/C10H18O5.C7H7ClO2S/c1-4-5-6-14-10(13)8(3)15-9(12)7(2)11;1-6-2-4-7(5-3-6)11(8,9)10/h7-8,11H,4-6H2,1-3H3;2-5H,1H3. The first-order valence-electron chi connectivity index (χ1n) is 8.05. The number of halogens is 1. The molecule has 0 fully saturated rings. The van der Waals surface area contributed by atoms with Crippen molar-refractivity contribution in [2.24, 2.45) is 0 Å². The van der Waals surface area contributed by atoms with Gasteiger partial charge in [-0.3, -0.25) is 0 Å². The van der Waals surface area contributed by atoms with E-state index >= 15 is 0 Å². The zero-order valence-corrected chi connectivity index (χ0v) is 16.8. The maximum Gasteiger partial charge on any atom is 0.347 e. The lowest BCUT2D eigenvalue weighted by Crippen LogP contribution is -2.30. The van der Waals surface area contributed by atoms with Crippen LogP contribution in [-0.2, 0) is 28.1 Å². The summed E-state index contributed by atoms with van der Waals surface area (Å²) in [4.78, 5) is 22.2. The Balaban J connectivity index is 0.000000502. The number of benzene rings is 1. The highest BCUT2D eigenvalue weighted by molar-refractivity contribution is 8.13. The lowest BCUT2D eigenvalue weighted by molar-refractivity contribution is -0.171. The van der Waals surface area contributed by atoms with Gasteiger partial charge in [0.1, 0.15) is 6.10 Å². The molecule has 0 saturated heterocycles. The molecule has 1 rings (SSSR count). The Kier molecular flexibility index (Phi) is 11.1. The lowest BCUT2D eigenvalue weighted by Gasteiger charge is -2.13. The maximum absolute atomic E-state index is 11.2. The molecular weight excluding hydrogens is 384 g/mol. The minimum absolute atomic E-state index is 0.143. The molecular formula is C17H25ClO7S. The second-order valence-corrected chi connectivity index (χ2v) is 8.09. The van der Waals surface area contributed by atoms with Crippen molar-refractivity contribution in [3.8, 4) is 0 Å². The summed E-state index contributed by atoms with van der Waals surface area (Å²) in [6.45, 7) is 6.87. The van der Waals surface area contributed by atoms with Gasteiger partial charge in [-0.15, -0.1) is 0 Å². The second kappa shape index (κ2) is 11.9. The van der Waals surface area contributed by atoms with Gasteiger partial charge in [-0.25, -0.2) is 18.0 Å². The predicted molar refractivity (Wildman–Crippen MR) is 97.3 cm³/mol. The van der Waals surface area contributed by atoms with Crippen LogP contribution in [0.15, 0.2) is 29.2 Å². The first kappa shape index (κ1) is 24.4. The molecule has 7 nitrogen and oxygen atoms in total. The highest BCUT2D eigenvalue weighted by atomic mass is 35.7. The molecule has 0 aliphatic rings. The summed E-state index contributed by atoms with van der Waals surface area (Å²) < 4.78 is 30.9. The van der Waals surface area contributed by atoms with Crippen LogP contribution in [0.4, 0.5) is 0 Å². The number of rotatable bonds is 7. The van der Waals surface area contributed by atoms with Gasteiger partial charge >= 0.3 is 11.9 Å². The summed E-state index contributed by atoms with van der Waals surface area (Å²) in [6.07, 6.45) is -0.488. The minimum atomic E-state index is -3.55. The SMILES string of the molecule is CCCCOC(=O)C(C)OC(=O)C(C)O.Cc1ccc(S(=O)(=O)Cl)cc1. The van der Waals surface area contributed by atoms with Gasteiger partial charge in [0.2, 0.25) is 0 Å². The van der Waals surface area contributed by atoms with E-state index in [1.165, 1.54) is 26.0 Å². The van der Waals surface area contributed by atoms with Gasteiger partial charge in [-0.2, -0.15) is 0 Å². The van der Waals surface area contributed by atoms with Crippen molar-refractivity contribution in [3.05, 3.63) is 29.8 Å². The number of hydrogen-bond donors (Lipinski definition) is 1. The molecule has 0 radical (unpaired) electrons. The molecule has 0 heterocycles. The first-order valence-corrected chi connectivity index (χ1v) is 10.4. The van der Waals surface area contributed by atoms with Crippen LogP contribution in [0.1, 0.15) is 39.2 Å². The molecule has 2 unspecified atom stereocenters. The van der Waals surface area contributed by atoms with Crippen molar-refractivity contribution in [1.29, 1.82) is 0 Å². The van der Waals surface area contributed by atoms with Crippen molar-refractivity contribution in [1.82, 2.24) is 0 Å². The zero-order valence-electron chi connectivity index (χ0n) is 15.3. The minimum Gasteiger partial charge on any atom is -0.463 e. The second-order valence-electron chi connectivity index (χ2n) is 5.53. The van der Waals surface area contributed by atoms with Gasteiger partial charge in [-0.05, 0) is 39.3 Å². The van der Waals surface area contributed by atoms with E-state index in [1.807, 2.05) is 13.8 Å². The van der Waals surface area contributed by atoms with E-state index in [-0.39, 0.29) is 4.90 Å². The van der Waals surface area contributed by atoms with Crippen LogP contribution in [0.3, 0.4) is 0 Å². The number of carbonyl (C=O) groups is 2. The fourth-order valence-corrected chi connectivity index (χ4v) is 2.23. The summed E-state index contributed by atoms with van der Waals surface area (Å²) in [5, 5.41) is 8.84. The molecule has 9 heteroatoms. The van der Waals surface area contributed by atoms with Crippen molar-refractivity contribution in [3.63, 3.8) is 0 Å². The fraction of sp³-hybridized carbons (Fsp3) is 0.529. The Labute approximate surface area is 158 Å². The van der Waals surface area contributed by atoms with Gasteiger partial charge in [0, 0.05) is 10.7 Å². The van der Waals surface area contributed by atoms with E-state index < -0.39 is 33.2 Å². The van der Waals surface area contributed by atoms with E-state index in [0.717, 1.165) is 18.4 Å². The van der Waals surface area contributed by atoms with Gasteiger partial charge in [0.25, 0.3) is 9.05 Å². The van der Waals surface area contributed by atoms with Gasteiger partial charge in [0.15, 0.2) is 6.10 Å². The maximum atomic E-state index is 11.2. The summed E-state index contributed by atoms with van der Waals surface area (Å²) in [6, 6.07) is 6.37. The first-order chi connectivity index (χ1) is 12.0. The molecule has 2 atom stereocenters. The molecule has 0 amide bonds. The number of aryl methyl sites for hydroxylation is 1. The van der Waals surface area contributed by atoms with Crippen LogP contribution in [-0.4, -0.2) is 44.3 Å². The molecule has 0 aromatic heterocycles. The van der Waals surface area contributed by atoms with E-state index in [2.05, 4.69) is 4.74 Å². The summed E-state index contributed by atoms with van der Waals surface area (Å²) >= 11 is 0. The molecule has 0 bridgehead atoms. The lowest BCUT2D eigenvalue weighted by atomic mass is 10.2. The number of unbranched alkanes of at least 4 members (excludes halogenated alkanes) is 1. The average molecular weight is 409 g/mol. The normalized spacial score (nSPS) is 13.0. The number of ether oxygens (including phenoxy) is 2. The van der Waals surface area contributed by atoms with E-state index in [4.69, 9.17) is 20.5 Å².